The van der Waals surface area contributed by atoms with E-state index in [-0.39, 0.29) is 40.7 Å². The van der Waals surface area contributed by atoms with E-state index < -0.39 is 49.9 Å². The summed E-state index contributed by atoms with van der Waals surface area (Å²) < 4.78 is 119. The molecule has 2 fully saturated rings. The fraction of sp³-hybridized carbons (Fsp3) is 0.394. The summed E-state index contributed by atoms with van der Waals surface area (Å²) in [6.45, 7) is -10.9. The molecule has 1 N–H and O–H groups in total. The first kappa shape index (κ1) is 18.0. The summed E-state index contributed by atoms with van der Waals surface area (Å²) in [5.74, 6) is -2.30. The van der Waals surface area contributed by atoms with Gasteiger partial charge in [-0.2, -0.15) is 0 Å². The predicted octanol–water partition coefficient (Wildman–Crippen LogP) is 4.97. The molecule has 1 amide bonds. The summed E-state index contributed by atoms with van der Waals surface area (Å²) in [7, 11) is 0.985. The molecule has 214 valence electrons. The molecule has 3 aromatic carbocycles. The van der Waals surface area contributed by atoms with E-state index in [1.165, 1.54) is 30.3 Å². The van der Waals surface area contributed by atoms with Crippen molar-refractivity contribution in [1.29, 1.82) is 0 Å². The summed E-state index contributed by atoms with van der Waals surface area (Å²) in [6.07, 6.45) is -0.677. The molecule has 41 heavy (non-hydrogen) atoms. The largest absolute Gasteiger partial charge is 0.381 e. The fourth-order valence-corrected chi connectivity index (χ4v) is 5.14. The highest BCUT2D eigenvalue weighted by Gasteiger charge is 2.24. The summed E-state index contributed by atoms with van der Waals surface area (Å²) in [5, 5.41) is 2.78. The maximum atomic E-state index is 14.0. The van der Waals surface area contributed by atoms with Gasteiger partial charge in [0.05, 0.1) is 12.0 Å². The molecule has 3 heterocycles. The molecule has 8 heteroatoms. The number of hydrogen-bond acceptors (Lipinski definition) is 5. The molecule has 0 aliphatic carbocycles. The molecule has 0 atom stereocenters. The van der Waals surface area contributed by atoms with Crippen LogP contribution in [0.5, 0.6) is 0 Å². The average molecular weight is 569 g/mol. The minimum Gasteiger partial charge on any atom is -0.381 e. The van der Waals surface area contributed by atoms with Crippen LogP contribution in [0, 0.1) is 17.6 Å². The van der Waals surface area contributed by atoms with Crippen molar-refractivity contribution >= 4 is 17.4 Å². The second kappa shape index (κ2) is 12.1. The van der Waals surface area contributed by atoms with Crippen LogP contribution in [0.4, 0.5) is 14.5 Å². The van der Waals surface area contributed by atoms with E-state index >= 15 is 0 Å². The SMILES string of the molecule is [2H]C([2H])(c1cc(F)cc(F)c1)c1ccc2c(c1)C(NC(=O)c1ccc(N3C([2H])([2H])C([2H])([2H])N(C)C([2H])([2H])C3([2H])[2H])cc1CC1CCOCC1)=NC2. The first-order valence-corrected chi connectivity index (χ1v) is 13.4. The third-order valence-corrected chi connectivity index (χ3v) is 7.26. The number of nitrogens with one attached hydrogen (secondary N) is 1. The first-order valence-electron chi connectivity index (χ1n) is 18.4. The van der Waals surface area contributed by atoms with Crippen molar-refractivity contribution in [1.82, 2.24) is 10.2 Å². The number of carbonyl (C=O) groups is 1. The van der Waals surface area contributed by atoms with Crippen molar-refractivity contribution in [2.24, 2.45) is 10.9 Å². The Labute approximate surface area is 254 Å². The number of halogens is 2. The number of rotatable bonds is 6. The summed E-state index contributed by atoms with van der Waals surface area (Å²) in [5.41, 5.74) is 1.31. The van der Waals surface area contributed by atoms with Gasteiger partial charge in [-0.1, -0.05) is 12.1 Å². The van der Waals surface area contributed by atoms with Crippen LogP contribution in [0.1, 0.15) is 64.7 Å². The van der Waals surface area contributed by atoms with Gasteiger partial charge in [0.2, 0.25) is 0 Å². The Morgan fingerprint density at radius 1 is 1.02 bits per heavy atom. The average Bonchev–Trinajstić information content (AvgIpc) is 3.45. The monoisotopic (exact) mass is 568 g/mol. The minimum atomic E-state index is -3.06. The lowest BCUT2D eigenvalue weighted by Crippen LogP contribution is -2.44. The summed E-state index contributed by atoms with van der Waals surface area (Å²) in [4.78, 5) is 19.3. The maximum Gasteiger partial charge on any atom is 0.257 e. The number of ether oxygens (including phenoxy) is 1. The van der Waals surface area contributed by atoms with Crippen molar-refractivity contribution < 1.29 is 32.0 Å². The number of amidine groups is 1. The van der Waals surface area contributed by atoms with Gasteiger partial charge in [0.25, 0.3) is 5.91 Å². The Hall–Kier alpha value is -3.62. The van der Waals surface area contributed by atoms with E-state index in [9.17, 15) is 13.6 Å². The lowest BCUT2D eigenvalue weighted by atomic mass is 9.89. The number of piperazine rings is 1. The first-order chi connectivity index (χ1) is 23.7. The number of hydrogen-bond donors (Lipinski definition) is 1. The molecular formula is C33H36F2N4O2. The number of carbonyl (C=O) groups excluding carboxylic acids is 1. The molecule has 0 saturated carbocycles. The van der Waals surface area contributed by atoms with Gasteiger partial charge in [-0.3, -0.25) is 9.79 Å². The quantitative estimate of drug-likeness (QED) is 0.457. The van der Waals surface area contributed by atoms with Gasteiger partial charge >= 0.3 is 0 Å². The molecule has 0 radical (unpaired) electrons. The maximum absolute atomic E-state index is 14.0. The van der Waals surface area contributed by atoms with Crippen LogP contribution < -0.4 is 10.2 Å². The molecule has 0 aromatic heterocycles. The number of likely N-dealkylation sites (N-methyl/N-ethyl adjacent to an activating group) is 1. The number of fused-ring (bicyclic) bond motifs is 1. The molecule has 3 aliphatic heterocycles. The van der Waals surface area contributed by atoms with Crippen LogP contribution in [0.25, 0.3) is 0 Å². The van der Waals surface area contributed by atoms with Crippen LogP contribution >= 0.6 is 0 Å². The van der Waals surface area contributed by atoms with E-state index in [0.29, 0.717) is 65.0 Å². The lowest BCUT2D eigenvalue weighted by Gasteiger charge is -2.34. The predicted molar refractivity (Wildman–Crippen MR) is 157 cm³/mol. The molecule has 6 nitrogen and oxygen atoms in total. The minimum absolute atomic E-state index is 0.0430. The van der Waals surface area contributed by atoms with E-state index in [1.54, 1.807) is 6.07 Å². The normalized spacial score (nSPS) is 26.7. The highest BCUT2D eigenvalue weighted by atomic mass is 19.1. The van der Waals surface area contributed by atoms with Gasteiger partial charge in [0, 0.05) is 70.3 Å². The fourth-order valence-electron chi connectivity index (χ4n) is 5.14. The zero-order valence-electron chi connectivity index (χ0n) is 32.4. The Morgan fingerprint density at radius 2 is 1.78 bits per heavy atom. The van der Waals surface area contributed by atoms with Crippen LogP contribution in [-0.4, -0.2) is 62.9 Å². The van der Waals surface area contributed by atoms with Crippen LogP contribution in [0.2, 0.25) is 0 Å². The smallest absolute Gasteiger partial charge is 0.257 e. The standard InChI is InChI=1S/C33H36F2N4O2/c1-38-8-10-39(11-9-38)29-4-5-30(26(19-29)15-22-6-12-41-13-7-22)33(40)37-32-31-18-23(2-3-25(31)21-36-32)14-24-16-27(34)20-28(35)17-24/h2-5,16-20,22H,6-15,21H2,1H3,(H,36,37,40)/i8D2,9D2,10D2,11D2,14D2. The van der Waals surface area contributed by atoms with E-state index in [1.807, 2.05) is 0 Å². The van der Waals surface area contributed by atoms with Crippen LogP contribution in [0.3, 0.4) is 0 Å². The summed E-state index contributed by atoms with van der Waals surface area (Å²) in [6, 6.07) is 11.1. The van der Waals surface area contributed by atoms with E-state index in [2.05, 4.69) is 10.3 Å². The molecule has 0 spiro atoms. The van der Waals surface area contributed by atoms with Gasteiger partial charge in [0.1, 0.15) is 17.5 Å². The highest BCUT2D eigenvalue weighted by molar-refractivity contribution is 6.14. The van der Waals surface area contributed by atoms with Crippen molar-refractivity contribution in [2.75, 3.05) is 51.1 Å². The number of nitrogens with zero attached hydrogens (tertiary/aromatic N) is 3. The number of benzene rings is 3. The van der Waals surface area contributed by atoms with E-state index in [0.717, 1.165) is 19.2 Å². The third-order valence-electron chi connectivity index (χ3n) is 7.26. The Kier molecular flexibility index (Phi) is 5.32. The van der Waals surface area contributed by atoms with Gasteiger partial charge in [-0.25, -0.2) is 8.78 Å². The second-order valence-electron chi connectivity index (χ2n) is 10.2. The number of amides is 1. The van der Waals surface area contributed by atoms with Crippen molar-refractivity contribution in [2.45, 2.75) is 32.2 Å². The Bertz CT molecular complexity index is 1850. The van der Waals surface area contributed by atoms with Gasteiger partial charge in [-0.15, -0.1) is 0 Å². The lowest BCUT2D eigenvalue weighted by molar-refractivity contribution is 0.0664. The summed E-state index contributed by atoms with van der Waals surface area (Å²) >= 11 is 0. The van der Waals surface area contributed by atoms with Crippen molar-refractivity contribution in [3.8, 4) is 0 Å². The van der Waals surface area contributed by atoms with Crippen LogP contribution in [-0.2, 0) is 24.1 Å². The molecule has 3 aromatic rings. The Morgan fingerprint density at radius 3 is 2.54 bits per heavy atom. The second-order valence-corrected chi connectivity index (χ2v) is 10.2. The molecule has 0 unspecified atom stereocenters. The topological polar surface area (TPSA) is 57.2 Å². The van der Waals surface area contributed by atoms with Crippen molar-refractivity contribution in [3.05, 3.63) is 99.6 Å². The molecule has 6 rings (SSSR count). The molecular weight excluding hydrogens is 522 g/mol. The number of anilines is 1. The molecule has 2 saturated heterocycles. The third kappa shape index (κ3) is 6.49. The van der Waals surface area contributed by atoms with Gasteiger partial charge in [0.15, 0.2) is 0 Å². The van der Waals surface area contributed by atoms with Crippen molar-refractivity contribution in [3.63, 3.8) is 0 Å². The van der Waals surface area contributed by atoms with Crippen LogP contribution in [0.15, 0.2) is 59.6 Å². The number of aliphatic imine (C=N–C) groups is 1. The zero-order valence-corrected chi connectivity index (χ0v) is 22.4. The zero-order chi connectivity index (χ0) is 37.3. The molecule has 3 aliphatic rings. The van der Waals surface area contributed by atoms with E-state index in [4.69, 9.17) is 18.4 Å². The molecule has 0 bridgehead atoms. The highest BCUT2D eigenvalue weighted by Crippen LogP contribution is 2.28. The van der Waals surface area contributed by atoms with Gasteiger partial charge < -0.3 is 19.9 Å². The van der Waals surface area contributed by atoms with Gasteiger partial charge in [-0.05, 0) is 97.3 Å². The Balaban J connectivity index is 1.35.